The number of hydrogen-bond donors (Lipinski definition) is 0. The smallest absolute Gasteiger partial charge is 0.410 e. The van der Waals surface area contributed by atoms with E-state index in [2.05, 4.69) is 30.6 Å². The summed E-state index contributed by atoms with van der Waals surface area (Å²) in [5, 5.41) is 0.641. The Hall–Kier alpha value is -2.15. The van der Waals surface area contributed by atoms with E-state index in [0.717, 1.165) is 29.9 Å². The molecule has 0 aliphatic carbocycles. The number of hydrogen-bond acceptors (Lipinski definition) is 6. The number of aromatic nitrogens is 1. The van der Waals surface area contributed by atoms with Gasteiger partial charge >= 0.3 is 6.09 Å². The van der Waals surface area contributed by atoms with Gasteiger partial charge in [0.1, 0.15) is 11.1 Å². The molecule has 2 heterocycles. The van der Waals surface area contributed by atoms with Crippen LogP contribution in [0.3, 0.4) is 0 Å². The van der Waals surface area contributed by atoms with Crippen LogP contribution in [-0.2, 0) is 4.74 Å². The third-order valence-electron chi connectivity index (χ3n) is 5.05. The average Bonchev–Trinajstić information content (AvgIpc) is 3.04. The largest absolute Gasteiger partial charge is 0.444 e. The number of rotatable bonds is 4. The molecule has 7 nitrogen and oxygen atoms in total. The van der Waals surface area contributed by atoms with Crippen molar-refractivity contribution in [3.05, 3.63) is 17.2 Å². The number of carbonyl (C=O) groups excluding carboxylic acids is 1. The van der Waals surface area contributed by atoms with E-state index in [1.54, 1.807) is 4.90 Å². The van der Waals surface area contributed by atoms with E-state index in [9.17, 15) is 4.79 Å². The molecular weight excluding hydrogens is 392 g/mol. The predicted molar refractivity (Wildman–Crippen MR) is 117 cm³/mol. The van der Waals surface area contributed by atoms with Crippen LogP contribution in [0.15, 0.2) is 16.5 Å². The maximum atomic E-state index is 12.4. The van der Waals surface area contributed by atoms with Crippen molar-refractivity contribution in [3.63, 3.8) is 0 Å². The van der Waals surface area contributed by atoms with E-state index < -0.39 is 5.60 Å². The molecule has 1 fully saturated rings. The fraction of sp³-hybridized carbons (Fsp3) is 0.619. The van der Waals surface area contributed by atoms with Crippen molar-refractivity contribution in [2.24, 2.45) is 0 Å². The molecule has 2 aromatic rings. The molecule has 1 aliphatic heterocycles. The molecule has 1 amide bonds. The van der Waals surface area contributed by atoms with Crippen LogP contribution in [0.2, 0.25) is 5.02 Å². The molecule has 0 unspecified atom stereocenters. The van der Waals surface area contributed by atoms with E-state index >= 15 is 0 Å². The summed E-state index contributed by atoms with van der Waals surface area (Å²) in [5.41, 5.74) is 1.94. The Labute approximate surface area is 177 Å². The lowest BCUT2D eigenvalue weighted by Crippen LogP contribution is -2.54. The van der Waals surface area contributed by atoms with Gasteiger partial charge in [0, 0.05) is 43.8 Å². The fourth-order valence-electron chi connectivity index (χ4n) is 3.63. The van der Waals surface area contributed by atoms with E-state index in [4.69, 9.17) is 25.7 Å². The highest BCUT2D eigenvalue weighted by Gasteiger charge is 2.32. The standard InChI is InChI=1S/C21H31ClN4O3/c1-7-24(8-2)17-12-15(22)11-16-18(17)28-19(23-16)26-10-9-25(13-14(26)3)20(27)29-21(4,5)6/h11-12,14H,7-10,13H2,1-6H3/t14-/m0/s1. The number of carbonyl (C=O) groups is 1. The van der Waals surface area contributed by atoms with Gasteiger partial charge in [-0.3, -0.25) is 0 Å². The predicted octanol–water partition coefficient (Wildman–Crippen LogP) is 4.77. The van der Waals surface area contributed by atoms with Gasteiger partial charge in [-0.25, -0.2) is 4.79 Å². The minimum atomic E-state index is -0.502. The number of halogens is 1. The molecule has 29 heavy (non-hydrogen) atoms. The average molecular weight is 423 g/mol. The summed E-state index contributed by atoms with van der Waals surface area (Å²) in [4.78, 5) is 23.1. The Balaban J connectivity index is 1.83. The molecule has 1 aliphatic rings. The number of piperazine rings is 1. The number of nitrogens with zero attached hydrogens (tertiary/aromatic N) is 4. The Morgan fingerprint density at radius 1 is 1.31 bits per heavy atom. The zero-order chi connectivity index (χ0) is 21.3. The maximum Gasteiger partial charge on any atom is 0.410 e. The number of anilines is 2. The van der Waals surface area contributed by atoms with Crippen molar-refractivity contribution < 1.29 is 13.9 Å². The van der Waals surface area contributed by atoms with Crippen LogP contribution in [0, 0.1) is 0 Å². The summed E-state index contributed by atoms with van der Waals surface area (Å²) < 4.78 is 11.7. The third-order valence-corrected chi connectivity index (χ3v) is 5.27. The molecular formula is C21H31ClN4O3. The Bertz CT molecular complexity index is 873. The van der Waals surface area contributed by atoms with E-state index in [1.165, 1.54) is 0 Å². The first-order valence-electron chi connectivity index (χ1n) is 10.2. The maximum absolute atomic E-state index is 12.4. The van der Waals surface area contributed by atoms with Crippen molar-refractivity contribution in [2.75, 3.05) is 42.5 Å². The van der Waals surface area contributed by atoms with Gasteiger partial charge in [-0.15, -0.1) is 0 Å². The Morgan fingerprint density at radius 2 is 2.00 bits per heavy atom. The normalized spacial score (nSPS) is 17.7. The van der Waals surface area contributed by atoms with Gasteiger partial charge in [-0.2, -0.15) is 4.98 Å². The summed E-state index contributed by atoms with van der Waals surface area (Å²) in [6.07, 6.45) is -0.280. The molecule has 1 atom stereocenters. The van der Waals surface area contributed by atoms with Gasteiger partial charge in [0.25, 0.3) is 6.01 Å². The van der Waals surface area contributed by atoms with E-state index in [-0.39, 0.29) is 12.1 Å². The molecule has 8 heteroatoms. The van der Waals surface area contributed by atoms with Gasteiger partial charge < -0.3 is 23.9 Å². The first-order valence-corrected chi connectivity index (χ1v) is 10.6. The number of ether oxygens (including phenoxy) is 1. The Morgan fingerprint density at radius 3 is 2.59 bits per heavy atom. The van der Waals surface area contributed by atoms with Crippen molar-refractivity contribution >= 4 is 40.5 Å². The summed E-state index contributed by atoms with van der Waals surface area (Å²) in [6, 6.07) is 4.37. The zero-order valence-corrected chi connectivity index (χ0v) is 18.9. The zero-order valence-electron chi connectivity index (χ0n) is 18.2. The second-order valence-corrected chi connectivity index (χ2v) is 8.85. The molecule has 1 aromatic carbocycles. The van der Waals surface area contributed by atoms with Crippen LogP contribution in [0.4, 0.5) is 16.5 Å². The highest BCUT2D eigenvalue weighted by molar-refractivity contribution is 6.31. The summed E-state index contributed by atoms with van der Waals surface area (Å²) >= 11 is 6.33. The summed E-state index contributed by atoms with van der Waals surface area (Å²) in [6.45, 7) is 15.3. The quantitative estimate of drug-likeness (QED) is 0.707. The highest BCUT2D eigenvalue weighted by atomic mass is 35.5. The number of oxazole rings is 1. The topological polar surface area (TPSA) is 62.1 Å². The third kappa shape index (κ3) is 4.71. The second kappa shape index (κ2) is 8.30. The van der Waals surface area contributed by atoms with Gasteiger partial charge in [0.05, 0.1) is 5.69 Å². The molecule has 3 rings (SSSR count). The monoisotopic (exact) mass is 422 g/mol. The lowest BCUT2D eigenvalue weighted by molar-refractivity contribution is 0.0216. The van der Waals surface area contributed by atoms with Gasteiger partial charge in [0.2, 0.25) is 0 Å². The fourth-order valence-corrected chi connectivity index (χ4v) is 3.83. The molecule has 160 valence electrons. The second-order valence-electron chi connectivity index (χ2n) is 8.41. The highest BCUT2D eigenvalue weighted by Crippen LogP contribution is 2.34. The van der Waals surface area contributed by atoms with Crippen molar-refractivity contribution in [1.29, 1.82) is 0 Å². The molecule has 0 bridgehead atoms. The molecule has 0 spiro atoms. The van der Waals surface area contributed by atoms with Crippen molar-refractivity contribution in [3.8, 4) is 0 Å². The van der Waals surface area contributed by atoms with Crippen LogP contribution < -0.4 is 9.80 Å². The van der Waals surface area contributed by atoms with Crippen LogP contribution in [-0.4, -0.2) is 60.3 Å². The van der Waals surface area contributed by atoms with E-state index in [0.29, 0.717) is 30.7 Å². The van der Waals surface area contributed by atoms with Gasteiger partial charge in [-0.05, 0) is 53.7 Å². The first kappa shape index (κ1) is 21.6. The molecule has 0 N–H and O–H groups in total. The minimum Gasteiger partial charge on any atom is -0.444 e. The van der Waals surface area contributed by atoms with Crippen molar-refractivity contribution in [2.45, 2.75) is 53.2 Å². The minimum absolute atomic E-state index is 0.0525. The van der Waals surface area contributed by atoms with E-state index in [1.807, 2.05) is 32.9 Å². The summed E-state index contributed by atoms with van der Waals surface area (Å²) in [7, 11) is 0. The first-order chi connectivity index (χ1) is 13.6. The van der Waals surface area contributed by atoms with Crippen LogP contribution >= 0.6 is 11.6 Å². The van der Waals surface area contributed by atoms with Crippen LogP contribution in [0.5, 0.6) is 0 Å². The summed E-state index contributed by atoms with van der Waals surface area (Å²) in [5.74, 6) is 0. The Kier molecular flexibility index (Phi) is 6.17. The molecule has 1 aromatic heterocycles. The molecule has 1 saturated heterocycles. The van der Waals surface area contributed by atoms with Crippen LogP contribution in [0.25, 0.3) is 11.1 Å². The SMILES string of the molecule is CCN(CC)c1cc(Cl)cc2nc(N3CCN(C(=O)OC(C)(C)C)C[C@@H]3C)oc12. The number of amides is 1. The van der Waals surface area contributed by atoms with Crippen LogP contribution in [0.1, 0.15) is 41.5 Å². The number of benzene rings is 1. The van der Waals surface area contributed by atoms with Gasteiger partial charge in [0.15, 0.2) is 5.58 Å². The molecule has 0 radical (unpaired) electrons. The molecule has 0 saturated carbocycles. The van der Waals surface area contributed by atoms with Gasteiger partial charge in [-0.1, -0.05) is 11.6 Å². The lowest BCUT2D eigenvalue weighted by Gasteiger charge is -2.39. The number of fused-ring (bicyclic) bond motifs is 1. The lowest BCUT2D eigenvalue weighted by atomic mass is 10.2. The van der Waals surface area contributed by atoms with Crippen molar-refractivity contribution in [1.82, 2.24) is 9.88 Å².